The van der Waals surface area contributed by atoms with Crippen LogP contribution >= 0.6 is 0 Å². The van der Waals surface area contributed by atoms with Crippen LogP contribution in [-0.4, -0.2) is 43.8 Å². The van der Waals surface area contributed by atoms with Crippen LogP contribution in [0, 0.1) is 5.92 Å². The Hall–Kier alpha value is -1.48. The molecule has 8 heteroatoms. The van der Waals surface area contributed by atoms with Gasteiger partial charge in [-0.2, -0.15) is 4.31 Å². The quantitative estimate of drug-likeness (QED) is 0.738. The van der Waals surface area contributed by atoms with E-state index in [9.17, 15) is 13.2 Å². The second-order valence-corrected chi connectivity index (χ2v) is 9.39. The Bertz CT molecular complexity index is 776. The molecule has 3 atom stereocenters. The minimum Gasteiger partial charge on any atom is -0.325 e. The van der Waals surface area contributed by atoms with Crippen LogP contribution in [0.15, 0.2) is 29.2 Å². The van der Waals surface area contributed by atoms with Crippen LogP contribution in [0.25, 0.3) is 0 Å². The van der Waals surface area contributed by atoms with Crippen molar-refractivity contribution in [1.82, 2.24) is 15.2 Å². The number of nitrogens with one attached hydrogen (secondary N) is 3. The van der Waals surface area contributed by atoms with Gasteiger partial charge in [-0.05, 0) is 43.9 Å². The highest BCUT2D eigenvalue weighted by molar-refractivity contribution is 7.89. The molecular weight excluding hydrogens is 352 g/mol. The van der Waals surface area contributed by atoms with E-state index in [1.807, 2.05) is 0 Å². The summed E-state index contributed by atoms with van der Waals surface area (Å²) in [5.41, 5.74) is 6.88. The number of nitrogens with zero attached hydrogens (tertiary/aromatic N) is 1. The summed E-state index contributed by atoms with van der Waals surface area (Å²) in [6, 6.07) is 6.65. The summed E-state index contributed by atoms with van der Waals surface area (Å²) in [5, 5.41) is 2.90. The lowest BCUT2D eigenvalue weighted by Gasteiger charge is -2.26. The molecule has 3 aliphatic rings. The Labute approximate surface area is 154 Å². The van der Waals surface area contributed by atoms with Crippen LogP contribution in [0.2, 0.25) is 0 Å². The molecule has 0 radical (unpaired) electrons. The van der Waals surface area contributed by atoms with Crippen molar-refractivity contribution < 1.29 is 13.2 Å². The van der Waals surface area contributed by atoms with Gasteiger partial charge in [0.15, 0.2) is 0 Å². The molecule has 4 rings (SSSR count). The van der Waals surface area contributed by atoms with E-state index in [4.69, 9.17) is 0 Å². The molecule has 0 spiro atoms. The third-order valence-electron chi connectivity index (χ3n) is 5.76. The first-order valence-electron chi connectivity index (χ1n) is 9.48. The minimum absolute atomic E-state index is 0.109. The lowest BCUT2D eigenvalue weighted by atomic mass is 9.81. The molecule has 1 amide bonds. The van der Waals surface area contributed by atoms with Gasteiger partial charge in [0.2, 0.25) is 15.9 Å². The van der Waals surface area contributed by atoms with E-state index in [2.05, 4.69) is 16.2 Å². The zero-order valence-electron chi connectivity index (χ0n) is 14.8. The molecule has 0 bridgehead atoms. The summed E-state index contributed by atoms with van der Waals surface area (Å²) < 4.78 is 26.9. The second-order valence-electron chi connectivity index (χ2n) is 7.45. The predicted octanol–water partition coefficient (Wildman–Crippen LogP) is 1.44. The molecule has 1 aromatic carbocycles. The average molecular weight is 378 g/mol. The van der Waals surface area contributed by atoms with Crippen molar-refractivity contribution in [2.24, 2.45) is 5.92 Å². The molecule has 3 unspecified atom stereocenters. The number of hydrogen-bond acceptors (Lipinski definition) is 5. The molecule has 142 valence electrons. The van der Waals surface area contributed by atoms with Crippen LogP contribution in [-0.2, 0) is 14.8 Å². The van der Waals surface area contributed by atoms with E-state index >= 15 is 0 Å². The average Bonchev–Trinajstić information content (AvgIpc) is 3.32. The topological polar surface area (TPSA) is 90.5 Å². The number of hydrazine groups is 1. The number of anilines is 1. The number of carbonyl (C=O) groups excluding carboxylic acids is 1. The lowest BCUT2D eigenvalue weighted by molar-refractivity contribution is -0.118. The summed E-state index contributed by atoms with van der Waals surface area (Å²) in [6.45, 7) is 1.14. The summed E-state index contributed by atoms with van der Waals surface area (Å²) in [4.78, 5) is 13.0. The molecule has 0 aromatic heterocycles. The third kappa shape index (κ3) is 3.38. The van der Waals surface area contributed by atoms with E-state index in [-0.39, 0.29) is 16.8 Å². The molecule has 3 fully saturated rings. The smallest absolute Gasteiger partial charge is 0.243 e. The van der Waals surface area contributed by atoms with E-state index in [1.54, 1.807) is 24.3 Å². The summed E-state index contributed by atoms with van der Waals surface area (Å²) in [7, 11) is -3.48. The zero-order chi connectivity index (χ0) is 18.1. The van der Waals surface area contributed by atoms with Crippen LogP contribution in [0.1, 0.15) is 38.5 Å². The maximum absolute atomic E-state index is 12.7. The number of fused-ring (bicyclic) bond motifs is 1. The van der Waals surface area contributed by atoms with Crippen molar-refractivity contribution in [3.8, 4) is 0 Å². The molecule has 1 aromatic rings. The molecule has 2 aliphatic heterocycles. The van der Waals surface area contributed by atoms with Gasteiger partial charge in [0.1, 0.15) is 6.04 Å². The predicted molar refractivity (Wildman–Crippen MR) is 98.9 cm³/mol. The molecule has 26 heavy (non-hydrogen) atoms. The number of hydrogen-bond donors (Lipinski definition) is 3. The van der Waals surface area contributed by atoms with Gasteiger partial charge in [-0.15, -0.1) is 0 Å². The molecular formula is C18H26N4O3S. The minimum atomic E-state index is -3.48. The van der Waals surface area contributed by atoms with Crippen LogP contribution in [0.4, 0.5) is 5.69 Å². The molecule has 1 aliphatic carbocycles. The van der Waals surface area contributed by atoms with Crippen LogP contribution in [0.5, 0.6) is 0 Å². The van der Waals surface area contributed by atoms with Crippen molar-refractivity contribution in [2.45, 2.75) is 55.5 Å². The number of carbonyl (C=O) groups is 1. The number of rotatable bonds is 4. The molecule has 7 nitrogen and oxygen atoms in total. The monoisotopic (exact) mass is 378 g/mol. The Morgan fingerprint density at radius 3 is 2.65 bits per heavy atom. The summed E-state index contributed by atoms with van der Waals surface area (Å²) in [6.07, 6.45) is 6.27. The third-order valence-corrected chi connectivity index (χ3v) is 7.65. The molecule has 3 N–H and O–H groups in total. The van der Waals surface area contributed by atoms with E-state index in [0.29, 0.717) is 30.7 Å². The fraction of sp³-hybridized carbons (Fsp3) is 0.611. The van der Waals surface area contributed by atoms with Gasteiger partial charge >= 0.3 is 0 Å². The van der Waals surface area contributed by atoms with Gasteiger partial charge < -0.3 is 5.32 Å². The maximum atomic E-state index is 12.7. The highest BCUT2D eigenvalue weighted by Gasteiger charge is 2.41. The Morgan fingerprint density at radius 1 is 1.08 bits per heavy atom. The lowest BCUT2D eigenvalue weighted by Crippen LogP contribution is -2.42. The van der Waals surface area contributed by atoms with Gasteiger partial charge in [0, 0.05) is 30.7 Å². The second kappa shape index (κ2) is 7.26. The van der Waals surface area contributed by atoms with E-state index < -0.39 is 10.0 Å². The number of sulfonamides is 1. The summed E-state index contributed by atoms with van der Waals surface area (Å²) in [5.74, 6) is 0.183. The van der Waals surface area contributed by atoms with Gasteiger partial charge in [-0.25, -0.2) is 13.8 Å². The summed E-state index contributed by atoms with van der Waals surface area (Å²) >= 11 is 0. The van der Waals surface area contributed by atoms with Crippen LogP contribution in [0.3, 0.4) is 0 Å². The van der Waals surface area contributed by atoms with Crippen molar-refractivity contribution in [3.63, 3.8) is 0 Å². The van der Waals surface area contributed by atoms with Gasteiger partial charge in [-0.3, -0.25) is 10.2 Å². The van der Waals surface area contributed by atoms with E-state index in [0.717, 1.165) is 32.1 Å². The molecule has 2 saturated heterocycles. The first-order valence-corrected chi connectivity index (χ1v) is 10.9. The van der Waals surface area contributed by atoms with Gasteiger partial charge in [0.05, 0.1) is 4.90 Å². The molecule has 1 saturated carbocycles. The number of benzene rings is 1. The first kappa shape index (κ1) is 17.9. The maximum Gasteiger partial charge on any atom is 0.243 e. The normalized spacial score (nSPS) is 29.5. The largest absolute Gasteiger partial charge is 0.325 e. The first-order chi connectivity index (χ1) is 12.6. The van der Waals surface area contributed by atoms with Crippen molar-refractivity contribution in [2.75, 3.05) is 18.4 Å². The Kier molecular flexibility index (Phi) is 5.00. The van der Waals surface area contributed by atoms with E-state index in [1.165, 1.54) is 10.7 Å². The Balaban J connectivity index is 1.48. The van der Waals surface area contributed by atoms with Crippen molar-refractivity contribution in [1.29, 1.82) is 0 Å². The highest BCUT2D eigenvalue weighted by atomic mass is 32.2. The number of amides is 1. The fourth-order valence-electron chi connectivity index (χ4n) is 4.33. The highest BCUT2D eigenvalue weighted by Crippen LogP contribution is 2.31. The van der Waals surface area contributed by atoms with Gasteiger partial charge in [-0.1, -0.05) is 18.9 Å². The van der Waals surface area contributed by atoms with Gasteiger partial charge in [0.25, 0.3) is 0 Å². The molecule has 2 heterocycles. The standard InChI is InChI=1S/C18H26N4O3S/c23-18(17-15-8-1-2-9-16(15)20-21-17)19-13-6-5-7-14(12-13)26(24,25)22-10-3-4-11-22/h5-7,12,15-17,20-21H,1-4,8-11H2,(H,19,23). The van der Waals surface area contributed by atoms with Crippen LogP contribution < -0.4 is 16.2 Å². The van der Waals surface area contributed by atoms with Crippen molar-refractivity contribution >= 4 is 21.6 Å². The Morgan fingerprint density at radius 2 is 1.85 bits per heavy atom. The van der Waals surface area contributed by atoms with Crippen molar-refractivity contribution in [3.05, 3.63) is 24.3 Å². The zero-order valence-corrected chi connectivity index (χ0v) is 15.6. The SMILES string of the molecule is O=C(Nc1cccc(S(=O)(=O)N2CCCC2)c1)C1NNC2CCCCC21. The fourth-order valence-corrected chi connectivity index (χ4v) is 5.90.